The minimum atomic E-state index is 0.374. The Morgan fingerprint density at radius 1 is 1.10 bits per heavy atom. The van der Waals surface area contributed by atoms with Crippen molar-refractivity contribution in [3.63, 3.8) is 0 Å². The van der Waals surface area contributed by atoms with Crippen molar-refractivity contribution in [2.24, 2.45) is 5.84 Å². The summed E-state index contributed by atoms with van der Waals surface area (Å²) in [5.41, 5.74) is 4.22. The van der Waals surface area contributed by atoms with Gasteiger partial charge >= 0.3 is 0 Å². The standard InChI is InChI=1S/C13H12N6S/c1-8-6-7-15-13(16-8)20-11-9-4-2-3-5-10(9)17-12(18-11)19-14/h2-7H,14H2,1H3,(H,17,18,19). The number of benzene rings is 1. The van der Waals surface area contributed by atoms with E-state index in [2.05, 4.69) is 25.4 Å². The second kappa shape index (κ2) is 5.40. The van der Waals surface area contributed by atoms with Gasteiger partial charge in [-0.1, -0.05) is 18.2 Å². The number of nitrogens with two attached hydrogens (primary N) is 1. The number of anilines is 1. The predicted octanol–water partition coefficient (Wildman–Crippen LogP) is 2.17. The van der Waals surface area contributed by atoms with E-state index in [1.54, 1.807) is 6.20 Å². The van der Waals surface area contributed by atoms with E-state index in [4.69, 9.17) is 5.84 Å². The zero-order valence-corrected chi connectivity index (χ0v) is 11.6. The molecule has 100 valence electrons. The molecular weight excluding hydrogens is 272 g/mol. The SMILES string of the molecule is Cc1ccnc(Sc2nc(NN)nc3ccccc23)n1. The van der Waals surface area contributed by atoms with Gasteiger partial charge in [-0.3, -0.25) is 5.43 Å². The van der Waals surface area contributed by atoms with Crippen LogP contribution in [0, 0.1) is 6.92 Å². The highest BCUT2D eigenvalue weighted by Gasteiger charge is 2.10. The van der Waals surface area contributed by atoms with E-state index in [1.165, 1.54) is 11.8 Å². The summed E-state index contributed by atoms with van der Waals surface area (Å²) >= 11 is 1.39. The van der Waals surface area contributed by atoms with Crippen LogP contribution in [-0.2, 0) is 0 Å². The van der Waals surface area contributed by atoms with Crippen molar-refractivity contribution in [2.45, 2.75) is 17.1 Å². The second-order valence-corrected chi connectivity index (χ2v) is 5.05. The summed E-state index contributed by atoms with van der Waals surface area (Å²) in [4.78, 5) is 17.3. The van der Waals surface area contributed by atoms with Gasteiger partial charge in [0, 0.05) is 17.3 Å². The lowest BCUT2D eigenvalue weighted by Gasteiger charge is -2.07. The van der Waals surface area contributed by atoms with Crippen LogP contribution in [0.5, 0.6) is 0 Å². The molecular formula is C13H12N6S. The molecule has 0 saturated heterocycles. The van der Waals surface area contributed by atoms with Crippen LogP contribution in [0.2, 0.25) is 0 Å². The van der Waals surface area contributed by atoms with Crippen molar-refractivity contribution in [3.05, 3.63) is 42.2 Å². The third-order valence-electron chi connectivity index (χ3n) is 2.66. The van der Waals surface area contributed by atoms with E-state index < -0.39 is 0 Å². The highest BCUT2D eigenvalue weighted by molar-refractivity contribution is 7.99. The van der Waals surface area contributed by atoms with Crippen molar-refractivity contribution in [1.82, 2.24) is 19.9 Å². The summed E-state index contributed by atoms with van der Waals surface area (Å²) in [5.74, 6) is 5.79. The molecule has 3 aromatic rings. The van der Waals surface area contributed by atoms with E-state index >= 15 is 0 Å². The Labute approximate surface area is 119 Å². The summed E-state index contributed by atoms with van der Waals surface area (Å²) in [6.07, 6.45) is 1.73. The first-order chi connectivity index (χ1) is 9.76. The second-order valence-electron chi connectivity index (χ2n) is 4.10. The number of para-hydroxylation sites is 1. The molecule has 20 heavy (non-hydrogen) atoms. The summed E-state index contributed by atoms with van der Waals surface area (Å²) in [6.45, 7) is 1.93. The molecule has 0 atom stereocenters. The molecule has 0 radical (unpaired) electrons. The molecule has 1 aromatic carbocycles. The van der Waals surface area contributed by atoms with Crippen molar-refractivity contribution >= 4 is 28.6 Å². The first-order valence-corrected chi connectivity index (χ1v) is 6.79. The molecule has 0 aliphatic carbocycles. The fourth-order valence-electron chi connectivity index (χ4n) is 1.75. The molecule has 2 aromatic heterocycles. The van der Waals surface area contributed by atoms with Gasteiger partial charge in [0.15, 0.2) is 5.16 Å². The highest BCUT2D eigenvalue weighted by atomic mass is 32.2. The lowest BCUT2D eigenvalue weighted by Crippen LogP contribution is -2.11. The first kappa shape index (κ1) is 12.8. The van der Waals surface area contributed by atoms with E-state index in [0.717, 1.165) is 21.6 Å². The van der Waals surface area contributed by atoms with Gasteiger partial charge in [0.05, 0.1) is 5.52 Å². The van der Waals surface area contributed by atoms with Crippen LogP contribution >= 0.6 is 11.8 Å². The monoisotopic (exact) mass is 284 g/mol. The lowest BCUT2D eigenvalue weighted by molar-refractivity contribution is 0.928. The van der Waals surface area contributed by atoms with Crippen molar-refractivity contribution in [2.75, 3.05) is 5.43 Å². The summed E-state index contributed by atoms with van der Waals surface area (Å²) in [7, 11) is 0. The molecule has 0 saturated carbocycles. The molecule has 0 fully saturated rings. The van der Waals surface area contributed by atoms with Gasteiger partial charge in [-0.2, -0.15) is 0 Å². The Kier molecular flexibility index (Phi) is 3.44. The molecule has 2 heterocycles. The number of nitrogens with zero attached hydrogens (tertiary/aromatic N) is 4. The van der Waals surface area contributed by atoms with Crippen LogP contribution in [-0.4, -0.2) is 19.9 Å². The molecule has 3 N–H and O–H groups in total. The van der Waals surface area contributed by atoms with Crippen LogP contribution in [0.1, 0.15) is 5.69 Å². The number of rotatable bonds is 3. The Morgan fingerprint density at radius 2 is 1.95 bits per heavy atom. The topological polar surface area (TPSA) is 89.6 Å². The van der Waals surface area contributed by atoms with Gasteiger partial charge in [-0.15, -0.1) is 0 Å². The maximum Gasteiger partial charge on any atom is 0.238 e. The van der Waals surface area contributed by atoms with Gasteiger partial charge in [0.1, 0.15) is 5.03 Å². The maximum absolute atomic E-state index is 5.41. The predicted molar refractivity (Wildman–Crippen MR) is 78.2 cm³/mol. The van der Waals surface area contributed by atoms with Crippen LogP contribution in [0.3, 0.4) is 0 Å². The number of hydrogen-bond donors (Lipinski definition) is 2. The maximum atomic E-state index is 5.41. The highest BCUT2D eigenvalue weighted by Crippen LogP contribution is 2.30. The Hall–Kier alpha value is -2.25. The Bertz CT molecular complexity index is 761. The molecule has 0 aliphatic rings. The molecule has 0 bridgehead atoms. The van der Waals surface area contributed by atoms with Gasteiger partial charge in [-0.05, 0) is 30.8 Å². The van der Waals surface area contributed by atoms with E-state index in [9.17, 15) is 0 Å². The third kappa shape index (κ3) is 2.54. The first-order valence-electron chi connectivity index (χ1n) is 5.97. The zero-order chi connectivity index (χ0) is 13.9. The molecule has 7 heteroatoms. The van der Waals surface area contributed by atoms with E-state index in [-0.39, 0.29) is 0 Å². The van der Waals surface area contributed by atoms with E-state index in [1.807, 2.05) is 37.3 Å². The molecule has 3 rings (SSSR count). The molecule has 0 amide bonds. The third-order valence-corrected chi connectivity index (χ3v) is 3.54. The van der Waals surface area contributed by atoms with Crippen LogP contribution in [0.25, 0.3) is 10.9 Å². The smallest absolute Gasteiger partial charge is 0.238 e. The summed E-state index contributed by atoms with van der Waals surface area (Å²) < 4.78 is 0. The van der Waals surface area contributed by atoms with Gasteiger partial charge < -0.3 is 0 Å². The van der Waals surface area contributed by atoms with Crippen LogP contribution in [0.4, 0.5) is 5.95 Å². The van der Waals surface area contributed by atoms with Crippen LogP contribution < -0.4 is 11.3 Å². The number of nitrogen functional groups attached to an aromatic ring is 1. The Balaban J connectivity index is 2.10. The number of aromatic nitrogens is 4. The fraction of sp³-hybridized carbons (Fsp3) is 0.0769. The average Bonchev–Trinajstić information content (AvgIpc) is 2.47. The average molecular weight is 284 g/mol. The zero-order valence-electron chi connectivity index (χ0n) is 10.7. The summed E-state index contributed by atoms with van der Waals surface area (Å²) in [5, 5.41) is 2.37. The quantitative estimate of drug-likeness (QED) is 0.329. The lowest BCUT2D eigenvalue weighted by atomic mass is 10.2. The molecule has 0 aliphatic heterocycles. The largest absolute Gasteiger partial charge is 0.292 e. The number of fused-ring (bicyclic) bond motifs is 1. The van der Waals surface area contributed by atoms with Crippen LogP contribution in [0.15, 0.2) is 46.7 Å². The van der Waals surface area contributed by atoms with Gasteiger partial charge in [0.2, 0.25) is 5.95 Å². The van der Waals surface area contributed by atoms with E-state index in [0.29, 0.717) is 11.1 Å². The van der Waals surface area contributed by atoms with Gasteiger partial charge in [0.25, 0.3) is 0 Å². The number of hydrazine groups is 1. The van der Waals surface area contributed by atoms with Gasteiger partial charge in [-0.25, -0.2) is 25.8 Å². The molecule has 0 unspecified atom stereocenters. The van der Waals surface area contributed by atoms with Crippen molar-refractivity contribution < 1.29 is 0 Å². The normalized spacial score (nSPS) is 10.7. The number of aryl methyl sites for hydroxylation is 1. The Morgan fingerprint density at radius 3 is 2.75 bits per heavy atom. The van der Waals surface area contributed by atoms with Crippen molar-refractivity contribution in [1.29, 1.82) is 0 Å². The number of nitrogens with one attached hydrogen (secondary N) is 1. The summed E-state index contributed by atoms with van der Waals surface area (Å²) in [6, 6.07) is 9.61. The molecule has 0 spiro atoms. The number of hydrogen-bond acceptors (Lipinski definition) is 7. The molecule has 6 nitrogen and oxygen atoms in total. The van der Waals surface area contributed by atoms with Crippen molar-refractivity contribution in [3.8, 4) is 0 Å². The minimum absolute atomic E-state index is 0.374. The minimum Gasteiger partial charge on any atom is -0.292 e. The fourth-order valence-corrected chi connectivity index (χ4v) is 2.64.